The van der Waals surface area contributed by atoms with Crippen molar-refractivity contribution in [3.8, 4) is 0 Å². The molecule has 0 bridgehead atoms. The van der Waals surface area contributed by atoms with Gasteiger partial charge in [0, 0.05) is 13.1 Å². The lowest BCUT2D eigenvalue weighted by molar-refractivity contribution is -0.00974. The Morgan fingerprint density at radius 2 is 2.41 bits per heavy atom. The van der Waals surface area contributed by atoms with Crippen LogP contribution in [0.1, 0.15) is 10.6 Å². The predicted octanol–water partition coefficient (Wildman–Crippen LogP) is 0.682. The molecule has 1 atom stereocenters. The van der Waals surface area contributed by atoms with Crippen LogP contribution in [-0.2, 0) is 4.74 Å². The first-order chi connectivity index (χ1) is 8.18. The molecule has 1 unspecified atom stereocenters. The number of hydrogen-bond donors (Lipinski definition) is 0. The highest BCUT2D eigenvalue weighted by Crippen LogP contribution is 2.13. The van der Waals surface area contributed by atoms with Crippen LogP contribution < -0.4 is 0 Å². The monoisotopic (exact) mass is 238 g/mol. The van der Waals surface area contributed by atoms with Crippen LogP contribution in [0.4, 0.5) is 0 Å². The largest absolute Gasteiger partial charge is 0.459 e. The summed E-state index contributed by atoms with van der Waals surface area (Å²) in [5.41, 5.74) is 0. The van der Waals surface area contributed by atoms with Gasteiger partial charge in [0.05, 0.1) is 25.5 Å². The molecular formula is C12H18N2O3. The molecule has 0 aliphatic carbocycles. The number of furan rings is 1. The van der Waals surface area contributed by atoms with Gasteiger partial charge in [-0.25, -0.2) is 0 Å². The van der Waals surface area contributed by atoms with Gasteiger partial charge in [-0.05, 0) is 26.2 Å². The first-order valence-corrected chi connectivity index (χ1v) is 5.75. The minimum atomic E-state index is -0.0508. The zero-order valence-electron chi connectivity index (χ0n) is 10.3. The van der Waals surface area contributed by atoms with Crippen LogP contribution in [0, 0.1) is 0 Å². The standard InChI is InChI=1S/C12H18N2O3/c1-13(2)8-10-9-16-7-5-14(10)12(15)11-4-3-6-17-11/h3-4,6,10H,5,7-9H2,1-2H3. The zero-order chi connectivity index (χ0) is 12.3. The van der Waals surface area contributed by atoms with Crippen LogP contribution in [0.15, 0.2) is 22.8 Å². The molecule has 1 aliphatic heterocycles. The van der Waals surface area contributed by atoms with E-state index in [1.54, 1.807) is 12.1 Å². The summed E-state index contributed by atoms with van der Waals surface area (Å²) in [6, 6.07) is 3.52. The minimum Gasteiger partial charge on any atom is -0.459 e. The maximum Gasteiger partial charge on any atom is 0.289 e. The van der Waals surface area contributed by atoms with E-state index in [-0.39, 0.29) is 11.9 Å². The van der Waals surface area contributed by atoms with E-state index in [4.69, 9.17) is 9.15 Å². The third-order valence-corrected chi connectivity index (χ3v) is 2.80. The Bertz CT molecular complexity index is 362. The van der Waals surface area contributed by atoms with E-state index < -0.39 is 0 Å². The van der Waals surface area contributed by atoms with Gasteiger partial charge in [-0.3, -0.25) is 4.79 Å². The highest BCUT2D eigenvalue weighted by molar-refractivity contribution is 5.91. The average molecular weight is 238 g/mol. The lowest BCUT2D eigenvalue weighted by atomic mass is 10.2. The molecule has 2 rings (SSSR count). The molecular weight excluding hydrogens is 220 g/mol. The first kappa shape index (κ1) is 12.1. The van der Waals surface area contributed by atoms with Crippen molar-refractivity contribution in [1.82, 2.24) is 9.80 Å². The van der Waals surface area contributed by atoms with Gasteiger partial charge in [-0.1, -0.05) is 0 Å². The lowest BCUT2D eigenvalue weighted by Crippen LogP contribution is -2.52. The zero-order valence-corrected chi connectivity index (χ0v) is 10.3. The van der Waals surface area contributed by atoms with Crippen LogP contribution in [0.2, 0.25) is 0 Å². The molecule has 0 saturated carbocycles. The SMILES string of the molecule is CN(C)CC1COCCN1C(=O)c1ccco1. The molecule has 94 valence electrons. The molecule has 1 fully saturated rings. The molecule has 5 heteroatoms. The Balaban J connectivity index is 2.08. The highest BCUT2D eigenvalue weighted by atomic mass is 16.5. The number of likely N-dealkylation sites (N-methyl/N-ethyl adjacent to an activating group) is 1. The molecule has 1 aliphatic rings. The number of carbonyl (C=O) groups is 1. The van der Waals surface area contributed by atoms with Crippen molar-refractivity contribution in [2.24, 2.45) is 0 Å². The normalized spacial score (nSPS) is 20.9. The number of ether oxygens (including phenoxy) is 1. The fourth-order valence-corrected chi connectivity index (χ4v) is 2.04. The maximum atomic E-state index is 12.2. The summed E-state index contributed by atoms with van der Waals surface area (Å²) in [5, 5.41) is 0. The number of amides is 1. The van der Waals surface area contributed by atoms with E-state index in [9.17, 15) is 4.79 Å². The maximum absolute atomic E-state index is 12.2. The molecule has 1 saturated heterocycles. The Morgan fingerprint density at radius 3 is 3.06 bits per heavy atom. The number of morpholine rings is 1. The molecule has 17 heavy (non-hydrogen) atoms. The average Bonchev–Trinajstić information content (AvgIpc) is 2.81. The predicted molar refractivity (Wildman–Crippen MR) is 62.9 cm³/mol. The van der Waals surface area contributed by atoms with E-state index in [1.807, 2.05) is 19.0 Å². The number of nitrogens with zero attached hydrogens (tertiary/aromatic N) is 2. The van der Waals surface area contributed by atoms with Crippen molar-refractivity contribution < 1.29 is 13.9 Å². The summed E-state index contributed by atoms with van der Waals surface area (Å²) in [5.74, 6) is 0.348. The van der Waals surface area contributed by atoms with Crippen molar-refractivity contribution in [2.75, 3.05) is 40.4 Å². The second-order valence-electron chi connectivity index (χ2n) is 4.47. The smallest absolute Gasteiger partial charge is 0.289 e. The number of rotatable bonds is 3. The van der Waals surface area contributed by atoms with Crippen LogP contribution in [0.3, 0.4) is 0 Å². The summed E-state index contributed by atoms with van der Waals surface area (Å²) >= 11 is 0. The quantitative estimate of drug-likeness (QED) is 0.777. The fraction of sp³-hybridized carbons (Fsp3) is 0.583. The number of carbonyl (C=O) groups excluding carboxylic acids is 1. The second-order valence-corrected chi connectivity index (χ2v) is 4.47. The van der Waals surface area contributed by atoms with Crippen molar-refractivity contribution >= 4 is 5.91 Å². The molecule has 0 N–H and O–H groups in total. The van der Waals surface area contributed by atoms with E-state index in [0.29, 0.717) is 25.5 Å². The highest BCUT2D eigenvalue weighted by Gasteiger charge is 2.29. The van der Waals surface area contributed by atoms with Gasteiger partial charge >= 0.3 is 0 Å². The molecule has 1 aromatic rings. The molecule has 0 spiro atoms. The number of hydrogen-bond acceptors (Lipinski definition) is 4. The Morgan fingerprint density at radius 1 is 1.59 bits per heavy atom. The summed E-state index contributed by atoms with van der Waals surface area (Å²) < 4.78 is 10.6. The van der Waals surface area contributed by atoms with Gasteiger partial charge in [0.1, 0.15) is 0 Å². The summed E-state index contributed by atoms with van der Waals surface area (Å²) in [7, 11) is 3.98. The van der Waals surface area contributed by atoms with E-state index in [0.717, 1.165) is 6.54 Å². The van der Waals surface area contributed by atoms with Crippen molar-refractivity contribution in [3.05, 3.63) is 24.2 Å². The second kappa shape index (κ2) is 5.33. The Labute approximate surface area is 101 Å². The van der Waals surface area contributed by atoms with Crippen LogP contribution in [0.5, 0.6) is 0 Å². The molecule has 2 heterocycles. The van der Waals surface area contributed by atoms with Gasteiger partial charge in [-0.15, -0.1) is 0 Å². The van der Waals surface area contributed by atoms with Gasteiger partial charge in [0.2, 0.25) is 0 Å². The van der Waals surface area contributed by atoms with Gasteiger partial charge in [0.25, 0.3) is 5.91 Å². The molecule has 1 aromatic heterocycles. The Hall–Kier alpha value is -1.33. The van der Waals surface area contributed by atoms with E-state index in [2.05, 4.69) is 4.90 Å². The van der Waals surface area contributed by atoms with Crippen molar-refractivity contribution in [2.45, 2.75) is 6.04 Å². The van der Waals surface area contributed by atoms with Gasteiger partial charge < -0.3 is 19.0 Å². The van der Waals surface area contributed by atoms with Gasteiger partial charge in [-0.2, -0.15) is 0 Å². The fourth-order valence-electron chi connectivity index (χ4n) is 2.04. The topological polar surface area (TPSA) is 45.9 Å². The molecule has 0 aromatic carbocycles. The third-order valence-electron chi connectivity index (χ3n) is 2.80. The van der Waals surface area contributed by atoms with Crippen molar-refractivity contribution in [3.63, 3.8) is 0 Å². The molecule has 0 radical (unpaired) electrons. The van der Waals surface area contributed by atoms with Crippen LogP contribution in [0.25, 0.3) is 0 Å². The van der Waals surface area contributed by atoms with Crippen molar-refractivity contribution in [1.29, 1.82) is 0 Å². The van der Waals surface area contributed by atoms with Crippen LogP contribution in [-0.4, -0.2) is 62.1 Å². The first-order valence-electron chi connectivity index (χ1n) is 5.75. The molecule has 5 nitrogen and oxygen atoms in total. The summed E-state index contributed by atoms with van der Waals surface area (Å²) in [4.78, 5) is 16.1. The van der Waals surface area contributed by atoms with Gasteiger partial charge in [0.15, 0.2) is 5.76 Å². The van der Waals surface area contributed by atoms with Crippen LogP contribution >= 0.6 is 0 Å². The Kier molecular flexibility index (Phi) is 3.81. The third kappa shape index (κ3) is 2.87. The van der Waals surface area contributed by atoms with E-state index >= 15 is 0 Å². The molecule has 1 amide bonds. The summed E-state index contributed by atoms with van der Waals surface area (Å²) in [6.07, 6.45) is 1.52. The lowest BCUT2D eigenvalue weighted by Gasteiger charge is -2.36. The minimum absolute atomic E-state index is 0.0508. The van der Waals surface area contributed by atoms with E-state index in [1.165, 1.54) is 6.26 Å². The summed E-state index contributed by atoms with van der Waals surface area (Å²) in [6.45, 7) is 2.60.